The second-order valence-electron chi connectivity index (χ2n) is 7.93. The van der Waals surface area contributed by atoms with Crippen molar-refractivity contribution in [3.05, 3.63) is 81.8 Å². The Labute approximate surface area is 216 Å². The van der Waals surface area contributed by atoms with Gasteiger partial charge in [0, 0.05) is 13.5 Å². The van der Waals surface area contributed by atoms with Crippen molar-refractivity contribution in [2.45, 2.75) is 39.5 Å². The first kappa shape index (κ1) is 27.7. The second-order valence-corrected chi connectivity index (χ2v) is 11.0. The van der Waals surface area contributed by atoms with Gasteiger partial charge in [-0.2, -0.15) is 0 Å². The van der Waals surface area contributed by atoms with Gasteiger partial charge in [0.05, 0.1) is 28.9 Å². The van der Waals surface area contributed by atoms with Gasteiger partial charge in [-0.15, -0.1) is 0 Å². The molecular weight excluding hydrogens is 508 g/mol. The Morgan fingerprint density at radius 1 is 0.943 bits per heavy atom. The van der Waals surface area contributed by atoms with E-state index in [1.165, 1.54) is 12.0 Å². The number of hydrogen-bond acceptors (Lipinski definition) is 5. The number of rotatable bonds is 12. The summed E-state index contributed by atoms with van der Waals surface area (Å²) in [7, 11) is -3.57. The van der Waals surface area contributed by atoms with Crippen molar-refractivity contribution in [3.8, 4) is 0 Å². The van der Waals surface area contributed by atoms with Crippen LogP contribution in [0.15, 0.2) is 60.7 Å². The van der Waals surface area contributed by atoms with Gasteiger partial charge in [0.2, 0.25) is 5.91 Å². The lowest BCUT2D eigenvalue weighted by Crippen LogP contribution is -2.31. The van der Waals surface area contributed by atoms with Crippen LogP contribution in [-0.2, 0) is 29.9 Å². The molecule has 0 radical (unpaired) electrons. The zero-order valence-electron chi connectivity index (χ0n) is 20.1. The fourth-order valence-corrected chi connectivity index (χ4v) is 6.26. The van der Waals surface area contributed by atoms with Crippen LogP contribution >= 0.6 is 30.8 Å². The maximum absolute atomic E-state index is 13.7. The SMILES string of the molecule is CCOP(=O)(OCC)C(CCN(OCc1ccc2ccccc2c1)C(C)=O)c1ccc(Cl)c(Cl)c1. The van der Waals surface area contributed by atoms with E-state index in [4.69, 9.17) is 37.1 Å². The first-order valence-corrected chi connectivity index (χ1v) is 13.9. The number of fused-ring (bicyclic) bond motifs is 1. The van der Waals surface area contributed by atoms with Gasteiger partial charge in [-0.1, -0.05) is 65.7 Å². The van der Waals surface area contributed by atoms with Crippen LogP contribution in [-0.4, -0.2) is 30.7 Å². The fraction of sp³-hybridized carbons (Fsp3) is 0.346. The van der Waals surface area contributed by atoms with E-state index in [1.54, 1.807) is 32.0 Å². The molecular formula is C26H30Cl2NO5P. The summed E-state index contributed by atoms with van der Waals surface area (Å²) >= 11 is 12.3. The molecule has 0 aliphatic carbocycles. The highest BCUT2D eigenvalue weighted by atomic mass is 35.5. The molecule has 3 aromatic rings. The van der Waals surface area contributed by atoms with E-state index in [9.17, 15) is 9.36 Å². The van der Waals surface area contributed by atoms with Crippen LogP contribution in [0.2, 0.25) is 10.0 Å². The van der Waals surface area contributed by atoms with E-state index in [-0.39, 0.29) is 38.7 Å². The summed E-state index contributed by atoms with van der Waals surface area (Å²) < 4.78 is 25.0. The number of carbonyl (C=O) groups is 1. The van der Waals surface area contributed by atoms with E-state index in [2.05, 4.69) is 0 Å². The standard InChI is InChI=1S/C26H30Cl2NO5P/c1-4-33-35(31,34-5-2)26(23-12-13-24(27)25(28)17-23)14-15-29(19(3)30)32-18-20-10-11-21-8-6-7-9-22(21)16-20/h6-13,16-17,26H,4-5,14-15,18H2,1-3H3. The molecule has 3 aromatic carbocycles. The molecule has 35 heavy (non-hydrogen) atoms. The first-order valence-electron chi connectivity index (χ1n) is 11.5. The van der Waals surface area contributed by atoms with Crippen molar-refractivity contribution in [2.75, 3.05) is 19.8 Å². The summed E-state index contributed by atoms with van der Waals surface area (Å²) in [6.07, 6.45) is 0.270. The molecule has 0 N–H and O–H groups in total. The molecule has 1 atom stereocenters. The van der Waals surface area contributed by atoms with E-state index in [1.807, 2.05) is 42.5 Å². The van der Waals surface area contributed by atoms with Gasteiger partial charge in [-0.25, -0.2) is 5.06 Å². The minimum absolute atomic E-state index is 0.179. The molecule has 0 spiro atoms. The highest BCUT2D eigenvalue weighted by Crippen LogP contribution is 2.62. The van der Waals surface area contributed by atoms with Crippen LogP contribution in [0, 0.1) is 0 Å². The maximum atomic E-state index is 13.7. The molecule has 0 bridgehead atoms. The monoisotopic (exact) mass is 537 g/mol. The quantitative estimate of drug-likeness (QED) is 0.174. The Morgan fingerprint density at radius 3 is 2.26 bits per heavy atom. The van der Waals surface area contributed by atoms with Crippen molar-refractivity contribution in [3.63, 3.8) is 0 Å². The van der Waals surface area contributed by atoms with Crippen LogP contribution in [0.3, 0.4) is 0 Å². The van der Waals surface area contributed by atoms with Gasteiger partial charge in [0.1, 0.15) is 6.61 Å². The lowest BCUT2D eigenvalue weighted by molar-refractivity contribution is -0.189. The van der Waals surface area contributed by atoms with Crippen molar-refractivity contribution in [1.29, 1.82) is 0 Å². The lowest BCUT2D eigenvalue weighted by atomic mass is 10.1. The number of hydrogen-bond donors (Lipinski definition) is 0. The summed E-state index contributed by atoms with van der Waals surface area (Å²) in [6, 6.07) is 19.1. The van der Waals surface area contributed by atoms with E-state index < -0.39 is 13.3 Å². The predicted molar refractivity (Wildman–Crippen MR) is 141 cm³/mol. The van der Waals surface area contributed by atoms with Crippen molar-refractivity contribution >= 4 is 47.5 Å². The molecule has 1 unspecified atom stereocenters. The molecule has 0 aliphatic rings. The molecule has 6 nitrogen and oxygen atoms in total. The van der Waals surface area contributed by atoms with Gasteiger partial charge in [0.25, 0.3) is 0 Å². The van der Waals surface area contributed by atoms with E-state index in [0.29, 0.717) is 15.6 Å². The van der Waals surface area contributed by atoms with Crippen molar-refractivity contribution in [1.82, 2.24) is 5.06 Å². The van der Waals surface area contributed by atoms with E-state index >= 15 is 0 Å². The Morgan fingerprint density at radius 2 is 1.63 bits per heavy atom. The normalized spacial score (nSPS) is 12.6. The Kier molecular flexibility index (Phi) is 10.2. The largest absolute Gasteiger partial charge is 0.338 e. The first-order chi connectivity index (χ1) is 16.8. The summed E-state index contributed by atoms with van der Waals surface area (Å²) in [4.78, 5) is 18.2. The number of carbonyl (C=O) groups excluding carboxylic acids is 1. The Hall–Kier alpha value is -1.92. The minimum Gasteiger partial charge on any atom is -0.308 e. The lowest BCUT2D eigenvalue weighted by Gasteiger charge is -2.29. The maximum Gasteiger partial charge on any atom is 0.338 e. The summed E-state index contributed by atoms with van der Waals surface area (Å²) in [6.45, 7) is 5.76. The smallest absolute Gasteiger partial charge is 0.308 e. The third-order valence-electron chi connectivity index (χ3n) is 5.49. The van der Waals surface area contributed by atoms with Crippen LogP contribution in [0.4, 0.5) is 0 Å². The van der Waals surface area contributed by atoms with Crippen LogP contribution < -0.4 is 0 Å². The highest BCUT2D eigenvalue weighted by Gasteiger charge is 2.37. The number of halogens is 2. The van der Waals surface area contributed by atoms with Crippen molar-refractivity contribution in [2.24, 2.45) is 0 Å². The van der Waals surface area contributed by atoms with Gasteiger partial charge >= 0.3 is 7.60 Å². The number of amides is 1. The van der Waals surface area contributed by atoms with Crippen LogP contribution in [0.25, 0.3) is 10.8 Å². The minimum atomic E-state index is -3.57. The molecule has 0 fully saturated rings. The van der Waals surface area contributed by atoms with Crippen molar-refractivity contribution < 1.29 is 23.2 Å². The average Bonchev–Trinajstić information content (AvgIpc) is 2.83. The van der Waals surface area contributed by atoms with Gasteiger partial charge in [0.15, 0.2) is 0 Å². The summed E-state index contributed by atoms with van der Waals surface area (Å²) in [5.41, 5.74) is 0.927. The molecule has 3 rings (SSSR count). The molecule has 1 amide bonds. The Balaban J connectivity index is 1.79. The fourth-order valence-electron chi connectivity index (χ4n) is 3.84. The zero-order chi connectivity index (χ0) is 25.4. The summed E-state index contributed by atoms with van der Waals surface area (Å²) in [5.74, 6) is -0.263. The number of nitrogens with zero attached hydrogens (tertiary/aromatic N) is 1. The molecule has 0 heterocycles. The van der Waals surface area contributed by atoms with Gasteiger partial charge < -0.3 is 9.05 Å². The predicted octanol–water partition coefficient (Wildman–Crippen LogP) is 7.82. The third-order valence-corrected chi connectivity index (χ3v) is 8.78. The molecule has 0 saturated heterocycles. The third kappa shape index (κ3) is 7.29. The molecule has 9 heteroatoms. The van der Waals surface area contributed by atoms with E-state index in [0.717, 1.165) is 16.3 Å². The van der Waals surface area contributed by atoms with Gasteiger partial charge in [-0.05, 0) is 60.4 Å². The molecule has 188 valence electrons. The number of benzene rings is 3. The Bertz CT molecular complexity index is 1200. The van der Waals surface area contributed by atoms with Crippen LogP contribution in [0.1, 0.15) is 44.0 Å². The summed E-state index contributed by atoms with van der Waals surface area (Å²) in [5, 5.41) is 4.23. The number of hydroxylamine groups is 2. The highest BCUT2D eigenvalue weighted by molar-refractivity contribution is 7.54. The molecule has 0 aliphatic heterocycles. The zero-order valence-corrected chi connectivity index (χ0v) is 22.5. The molecule has 0 aromatic heterocycles. The average molecular weight is 538 g/mol. The molecule has 0 saturated carbocycles. The second kappa shape index (κ2) is 12.9. The van der Waals surface area contributed by atoms with Gasteiger partial charge in [-0.3, -0.25) is 14.2 Å². The van der Waals surface area contributed by atoms with Crippen LogP contribution in [0.5, 0.6) is 0 Å². The topological polar surface area (TPSA) is 65.1 Å².